The van der Waals surface area contributed by atoms with Crippen LogP contribution in [0.15, 0.2) is 24.3 Å². The fourth-order valence-corrected chi connectivity index (χ4v) is 1.70. The summed E-state index contributed by atoms with van der Waals surface area (Å²) >= 11 is 0. The molecule has 4 heteroatoms. The third-order valence-corrected chi connectivity index (χ3v) is 2.58. The molecule has 1 heterocycles. The van der Waals surface area contributed by atoms with Gasteiger partial charge in [0.1, 0.15) is 17.5 Å². The number of carbonyl (C=O) groups excluding carboxylic acids is 1. The Balaban J connectivity index is 1.96. The standard InChI is InChI=1S/C14H18O4/c1-14(2,3)18-13(15)12-11(17-12)9-5-7-10(16-4)8-6-9/h5-8,11-12H,1-4H3/t11-,12-/m1/s1. The smallest absolute Gasteiger partial charge is 0.338 e. The van der Waals surface area contributed by atoms with Crippen LogP contribution >= 0.6 is 0 Å². The molecule has 0 amide bonds. The molecule has 2 atom stereocenters. The lowest BCUT2D eigenvalue weighted by Crippen LogP contribution is -2.26. The number of hydrogen-bond donors (Lipinski definition) is 0. The van der Waals surface area contributed by atoms with Crippen LogP contribution in [0.2, 0.25) is 0 Å². The Labute approximate surface area is 107 Å². The second-order valence-corrected chi connectivity index (χ2v) is 5.28. The molecule has 0 bridgehead atoms. The van der Waals surface area contributed by atoms with Gasteiger partial charge in [0.25, 0.3) is 0 Å². The largest absolute Gasteiger partial charge is 0.497 e. The van der Waals surface area contributed by atoms with Crippen LogP contribution in [0, 0.1) is 0 Å². The molecule has 1 aromatic rings. The highest BCUT2D eigenvalue weighted by Gasteiger charge is 2.48. The number of epoxide rings is 1. The molecule has 0 radical (unpaired) electrons. The Hall–Kier alpha value is -1.55. The lowest BCUT2D eigenvalue weighted by molar-refractivity contribution is -0.156. The summed E-state index contributed by atoms with van der Waals surface area (Å²) in [5, 5.41) is 0. The fraction of sp³-hybridized carbons (Fsp3) is 0.500. The lowest BCUT2D eigenvalue weighted by atomic mass is 10.1. The normalized spacial score (nSPS) is 22.4. The van der Waals surface area contributed by atoms with E-state index >= 15 is 0 Å². The summed E-state index contributed by atoms with van der Waals surface area (Å²) in [5.74, 6) is 0.483. The number of esters is 1. The summed E-state index contributed by atoms with van der Waals surface area (Å²) in [6.45, 7) is 5.53. The Kier molecular flexibility index (Phi) is 3.30. The van der Waals surface area contributed by atoms with E-state index < -0.39 is 11.7 Å². The summed E-state index contributed by atoms with van der Waals surface area (Å²) in [6.07, 6.45) is -0.664. The number of ether oxygens (including phenoxy) is 3. The highest BCUT2D eigenvalue weighted by atomic mass is 16.6. The van der Waals surface area contributed by atoms with E-state index in [-0.39, 0.29) is 12.1 Å². The van der Waals surface area contributed by atoms with Crippen LogP contribution in [-0.4, -0.2) is 24.8 Å². The van der Waals surface area contributed by atoms with Crippen LogP contribution in [0.1, 0.15) is 32.4 Å². The summed E-state index contributed by atoms with van der Waals surface area (Å²) < 4.78 is 15.7. The van der Waals surface area contributed by atoms with E-state index in [0.29, 0.717) is 0 Å². The van der Waals surface area contributed by atoms with E-state index in [2.05, 4.69) is 0 Å². The van der Waals surface area contributed by atoms with Gasteiger partial charge < -0.3 is 14.2 Å². The first-order valence-electron chi connectivity index (χ1n) is 5.93. The molecule has 2 rings (SSSR count). The minimum atomic E-state index is -0.479. The van der Waals surface area contributed by atoms with Gasteiger partial charge in [0.2, 0.25) is 0 Å². The quantitative estimate of drug-likeness (QED) is 0.611. The van der Waals surface area contributed by atoms with Gasteiger partial charge in [-0.05, 0) is 38.5 Å². The zero-order valence-electron chi connectivity index (χ0n) is 11.1. The van der Waals surface area contributed by atoms with E-state index in [0.717, 1.165) is 11.3 Å². The van der Waals surface area contributed by atoms with Gasteiger partial charge in [-0.2, -0.15) is 0 Å². The van der Waals surface area contributed by atoms with Gasteiger partial charge in [0.05, 0.1) is 7.11 Å². The van der Waals surface area contributed by atoms with Gasteiger partial charge >= 0.3 is 5.97 Å². The topological polar surface area (TPSA) is 48.1 Å². The maximum Gasteiger partial charge on any atom is 0.338 e. The Morgan fingerprint density at radius 3 is 2.33 bits per heavy atom. The van der Waals surface area contributed by atoms with Crippen LogP contribution in [0.5, 0.6) is 5.75 Å². The predicted molar refractivity (Wildman–Crippen MR) is 66.5 cm³/mol. The lowest BCUT2D eigenvalue weighted by Gasteiger charge is -2.18. The van der Waals surface area contributed by atoms with E-state index in [9.17, 15) is 4.79 Å². The first-order chi connectivity index (χ1) is 8.40. The zero-order chi connectivity index (χ0) is 13.3. The van der Waals surface area contributed by atoms with Gasteiger partial charge in [0, 0.05) is 0 Å². The minimum absolute atomic E-state index is 0.189. The number of hydrogen-bond acceptors (Lipinski definition) is 4. The molecule has 4 nitrogen and oxygen atoms in total. The van der Waals surface area contributed by atoms with Gasteiger partial charge in [-0.1, -0.05) is 12.1 Å². The van der Waals surface area contributed by atoms with Crippen molar-refractivity contribution in [2.24, 2.45) is 0 Å². The van der Waals surface area contributed by atoms with Crippen LogP contribution in [-0.2, 0) is 14.3 Å². The van der Waals surface area contributed by atoms with E-state index in [1.165, 1.54) is 0 Å². The van der Waals surface area contributed by atoms with Crippen molar-refractivity contribution in [1.82, 2.24) is 0 Å². The van der Waals surface area contributed by atoms with Crippen molar-refractivity contribution in [3.8, 4) is 5.75 Å². The van der Waals surface area contributed by atoms with E-state index in [1.807, 2.05) is 45.0 Å². The van der Waals surface area contributed by atoms with Crippen molar-refractivity contribution >= 4 is 5.97 Å². The summed E-state index contributed by atoms with van der Waals surface area (Å²) in [4.78, 5) is 11.8. The van der Waals surface area contributed by atoms with Crippen molar-refractivity contribution in [2.75, 3.05) is 7.11 Å². The third-order valence-electron chi connectivity index (χ3n) is 2.58. The molecule has 0 spiro atoms. The monoisotopic (exact) mass is 250 g/mol. The first-order valence-corrected chi connectivity index (χ1v) is 5.93. The van der Waals surface area contributed by atoms with Gasteiger partial charge in [0.15, 0.2) is 6.10 Å². The first kappa shape index (κ1) is 12.9. The molecule has 0 unspecified atom stereocenters. The van der Waals surface area contributed by atoms with E-state index in [4.69, 9.17) is 14.2 Å². The SMILES string of the molecule is COc1ccc([C@H]2O[C@H]2C(=O)OC(C)(C)C)cc1. The number of carbonyl (C=O) groups is 1. The Morgan fingerprint density at radius 2 is 1.83 bits per heavy atom. The van der Waals surface area contributed by atoms with Gasteiger partial charge in [-0.3, -0.25) is 0 Å². The van der Waals surface area contributed by atoms with Crippen LogP contribution < -0.4 is 4.74 Å². The van der Waals surface area contributed by atoms with Crippen LogP contribution in [0.25, 0.3) is 0 Å². The summed E-state index contributed by atoms with van der Waals surface area (Å²) in [6, 6.07) is 7.49. The molecule has 1 aromatic carbocycles. The molecule has 1 aliphatic heterocycles. The highest BCUT2D eigenvalue weighted by Crippen LogP contribution is 2.40. The van der Waals surface area contributed by atoms with Crippen LogP contribution in [0.3, 0.4) is 0 Å². The van der Waals surface area contributed by atoms with Crippen LogP contribution in [0.4, 0.5) is 0 Å². The number of benzene rings is 1. The van der Waals surface area contributed by atoms with Gasteiger partial charge in [-0.25, -0.2) is 4.79 Å². The Bertz CT molecular complexity index is 430. The molecule has 0 aromatic heterocycles. The molecular formula is C14H18O4. The second kappa shape index (κ2) is 4.61. The maximum absolute atomic E-state index is 11.8. The van der Waals surface area contributed by atoms with Crippen molar-refractivity contribution in [1.29, 1.82) is 0 Å². The molecular weight excluding hydrogens is 232 g/mol. The molecule has 0 aliphatic carbocycles. The number of methoxy groups -OCH3 is 1. The Morgan fingerprint density at radius 1 is 1.22 bits per heavy atom. The fourth-order valence-electron chi connectivity index (χ4n) is 1.70. The van der Waals surface area contributed by atoms with Crippen molar-refractivity contribution in [3.05, 3.63) is 29.8 Å². The number of rotatable bonds is 3. The molecule has 0 N–H and O–H groups in total. The molecule has 18 heavy (non-hydrogen) atoms. The second-order valence-electron chi connectivity index (χ2n) is 5.28. The van der Waals surface area contributed by atoms with Gasteiger partial charge in [-0.15, -0.1) is 0 Å². The van der Waals surface area contributed by atoms with Crippen molar-refractivity contribution in [2.45, 2.75) is 38.6 Å². The summed E-state index contributed by atoms with van der Waals surface area (Å²) in [5.41, 5.74) is 0.486. The molecule has 1 saturated heterocycles. The third kappa shape index (κ3) is 3.01. The van der Waals surface area contributed by atoms with Crippen molar-refractivity contribution < 1.29 is 19.0 Å². The molecule has 98 valence electrons. The average molecular weight is 250 g/mol. The molecule has 0 saturated carbocycles. The predicted octanol–water partition coefficient (Wildman–Crippen LogP) is 2.48. The molecule has 1 fully saturated rings. The maximum atomic E-state index is 11.8. The summed E-state index contributed by atoms with van der Waals surface area (Å²) in [7, 11) is 1.62. The zero-order valence-corrected chi connectivity index (χ0v) is 11.1. The minimum Gasteiger partial charge on any atom is -0.497 e. The average Bonchev–Trinajstić information content (AvgIpc) is 3.07. The molecule has 1 aliphatic rings. The highest BCUT2D eigenvalue weighted by molar-refractivity contribution is 5.78. The van der Waals surface area contributed by atoms with Crippen molar-refractivity contribution in [3.63, 3.8) is 0 Å². The van der Waals surface area contributed by atoms with E-state index in [1.54, 1.807) is 7.11 Å².